The Hall–Kier alpha value is -3.22. The van der Waals surface area contributed by atoms with Crippen LogP contribution >= 0.6 is 0 Å². The average Bonchev–Trinajstić information content (AvgIpc) is 3.10. The highest BCUT2D eigenvalue weighted by Crippen LogP contribution is 2.19. The van der Waals surface area contributed by atoms with Crippen molar-refractivity contribution < 1.29 is 18.3 Å². The zero-order valence-corrected chi connectivity index (χ0v) is 16.4. The van der Waals surface area contributed by atoms with Crippen molar-refractivity contribution in [3.8, 4) is 5.88 Å². The second-order valence-corrected chi connectivity index (χ2v) is 7.19. The van der Waals surface area contributed by atoms with E-state index in [0.717, 1.165) is 11.1 Å². The van der Waals surface area contributed by atoms with E-state index < -0.39 is 0 Å². The first kappa shape index (κ1) is 20.5. The van der Waals surface area contributed by atoms with Crippen LogP contribution in [0.1, 0.15) is 35.3 Å². The van der Waals surface area contributed by atoms with Crippen LogP contribution in [0.5, 0.6) is 5.88 Å². The van der Waals surface area contributed by atoms with E-state index >= 15 is 0 Å². The zero-order chi connectivity index (χ0) is 20.8. The molecule has 3 rings (SSSR count). The number of aromatic nitrogens is 2. The molecule has 1 heterocycles. The minimum Gasteiger partial charge on any atom is -0.471 e. The molecule has 0 saturated heterocycles. The number of benzene rings is 2. The van der Waals surface area contributed by atoms with Crippen molar-refractivity contribution in [1.82, 2.24) is 15.1 Å². The maximum atomic E-state index is 13.1. The fraction of sp³-hybridized carbons (Fsp3) is 0.273. The van der Waals surface area contributed by atoms with Gasteiger partial charge in [-0.15, -0.1) is 5.10 Å². The largest absolute Gasteiger partial charge is 0.471 e. The Morgan fingerprint density at radius 2 is 1.62 bits per heavy atom. The van der Waals surface area contributed by atoms with Gasteiger partial charge in [0.25, 0.3) is 5.91 Å². The number of nitrogens with zero attached hydrogens (tertiary/aromatic N) is 2. The van der Waals surface area contributed by atoms with Gasteiger partial charge in [0.2, 0.25) is 5.88 Å². The van der Waals surface area contributed by atoms with Crippen LogP contribution in [0.4, 0.5) is 8.78 Å². The molecule has 0 spiro atoms. The summed E-state index contributed by atoms with van der Waals surface area (Å²) in [5, 5.41) is 7.23. The summed E-state index contributed by atoms with van der Waals surface area (Å²) in [5.41, 5.74) is 1.91. The molecular formula is C22H23F2N3O2. The average molecular weight is 399 g/mol. The molecule has 2 aromatic carbocycles. The summed E-state index contributed by atoms with van der Waals surface area (Å²) in [6.07, 6.45) is 1.61. The van der Waals surface area contributed by atoms with Crippen LogP contribution in [-0.4, -0.2) is 22.2 Å². The Morgan fingerprint density at radius 3 is 2.21 bits per heavy atom. The van der Waals surface area contributed by atoms with E-state index in [1.54, 1.807) is 35.1 Å². The smallest absolute Gasteiger partial charge is 0.258 e. The molecule has 0 bridgehead atoms. The van der Waals surface area contributed by atoms with Gasteiger partial charge in [-0.1, -0.05) is 38.1 Å². The van der Waals surface area contributed by atoms with Gasteiger partial charge in [-0.25, -0.2) is 8.78 Å². The van der Waals surface area contributed by atoms with Crippen LogP contribution in [0, 0.1) is 17.6 Å². The third-order valence-corrected chi connectivity index (χ3v) is 4.19. The number of hydrogen-bond acceptors (Lipinski definition) is 3. The van der Waals surface area contributed by atoms with Crippen molar-refractivity contribution >= 4 is 5.91 Å². The summed E-state index contributed by atoms with van der Waals surface area (Å²) in [6, 6.07) is 12.0. The van der Waals surface area contributed by atoms with Gasteiger partial charge in [-0.05, 0) is 41.3 Å². The third-order valence-electron chi connectivity index (χ3n) is 4.19. The summed E-state index contributed by atoms with van der Waals surface area (Å²) in [6.45, 7) is 5.05. The lowest BCUT2D eigenvalue weighted by atomic mass is 10.2. The fourth-order valence-electron chi connectivity index (χ4n) is 2.65. The first-order chi connectivity index (χ1) is 13.9. The lowest BCUT2D eigenvalue weighted by Crippen LogP contribution is -2.27. The molecule has 5 nitrogen and oxygen atoms in total. The number of ether oxygens (including phenoxy) is 1. The van der Waals surface area contributed by atoms with Gasteiger partial charge in [0.1, 0.15) is 23.8 Å². The van der Waals surface area contributed by atoms with Gasteiger partial charge in [-0.2, -0.15) is 0 Å². The molecule has 152 valence electrons. The molecule has 29 heavy (non-hydrogen) atoms. The molecule has 0 atom stereocenters. The number of halogens is 2. The van der Waals surface area contributed by atoms with E-state index in [9.17, 15) is 13.6 Å². The lowest BCUT2D eigenvalue weighted by Gasteiger charge is -2.08. The normalized spacial score (nSPS) is 10.9. The molecule has 0 aliphatic rings. The van der Waals surface area contributed by atoms with Crippen molar-refractivity contribution in [1.29, 1.82) is 0 Å². The fourth-order valence-corrected chi connectivity index (χ4v) is 2.65. The molecular weight excluding hydrogens is 376 g/mol. The van der Waals surface area contributed by atoms with Crippen LogP contribution in [0.3, 0.4) is 0 Å². The van der Waals surface area contributed by atoms with Gasteiger partial charge in [-0.3, -0.25) is 9.48 Å². The van der Waals surface area contributed by atoms with E-state index in [1.807, 2.05) is 13.8 Å². The van der Waals surface area contributed by atoms with E-state index in [1.165, 1.54) is 24.3 Å². The predicted octanol–water partition coefficient (Wildman–Crippen LogP) is 4.17. The number of carbonyl (C=O) groups excluding carboxylic acids is 1. The first-order valence-electron chi connectivity index (χ1n) is 9.38. The maximum absolute atomic E-state index is 13.1. The summed E-state index contributed by atoms with van der Waals surface area (Å²) < 4.78 is 33.5. The molecule has 3 aromatic rings. The number of carbonyl (C=O) groups is 1. The van der Waals surface area contributed by atoms with Crippen molar-refractivity contribution in [3.05, 3.63) is 83.1 Å². The quantitative estimate of drug-likeness (QED) is 0.618. The second-order valence-electron chi connectivity index (χ2n) is 7.19. The van der Waals surface area contributed by atoms with Crippen LogP contribution in [0.2, 0.25) is 0 Å². The van der Waals surface area contributed by atoms with Crippen molar-refractivity contribution in [3.63, 3.8) is 0 Å². The Morgan fingerprint density at radius 1 is 1.03 bits per heavy atom. The molecule has 0 saturated carbocycles. The van der Waals surface area contributed by atoms with Gasteiger partial charge in [0.05, 0.1) is 6.54 Å². The molecule has 1 amide bonds. The lowest BCUT2D eigenvalue weighted by molar-refractivity contribution is 0.0944. The molecule has 0 fully saturated rings. The number of nitrogens with one attached hydrogen (secondary N) is 1. The number of amides is 1. The Bertz CT molecular complexity index is 951. The summed E-state index contributed by atoms with van der Waals surface area (Å²) >= 11 is 0. The molecule has 0 unspecified atom stereocenters. The monoisotopic (exact) mass is 399 g/mol. The maximum Gasteiger partial charge on any atom is 0.258 e. The Balaban J connectivity index is 1.78. The van der Waals surface area contributed by atoms with Crippen molar-refractivity contribution in [2.45, 2.75) is 27.0 Å². The number of rotatable bonds is 8. The summed E-state index contributed by atoms with van der Waals surface area (Å²) in [5.74, 6) is -0.426. The molecule has 0 aliphatic heterocycles. The highest BCUT2D eigenvalue weighted by Gasteiger charge is 2.18. The predicted molar refractivity (Wildman–Crippen MR) is 106 cm³/mol. The molecule has 0 aliphatic carbocycles. The summed E-state index contributed by atoms with van der Waals surface area (Å²) in [7, 11) is 0. The Labute approximate surface area is 168 Å². The van der Waals surface area contributed by atoms with Crippen LogP contribution in [0.25, 0.3) is 0 Å². The van der Waals surface area contributed by atoms with Crippen molar-refractivity contribution in [2.75, 3.05) is 6.54 Å². The minimum atomic E-state index is -0.328. The molecule has 1 N–H and O–H groups in total. The molecule has 1 aromatic heterocycles. The van der Waals surface area contributed by atoms with E-state index in [4.69, 9.17) is 4.74 Å². The highest BCUT2D eigenvalue weighted by molar-refractivity contribution is 5.96. The van der Waals surface area contributed by atoms with Gasteiger partial charge in [0, 0.05) is 12.7 Å². The first-order valence-corrected chi connectivity index (χ1v) is 9.38. The third kappa shape index (κ3) is 5.88. The molecule has 7 heteroatoms. The standard InChI is InChI=1S/C22H23F2N3O2/c1-15(2)11-25-21(28)20-13-27(12-16-3-7-18(23)8-4-16)26-22(20)29-14-17-5-9-19(24)10-6-17/h3-10,13,15H,11-12,14H2,1-2H3,(H,25,28). The van der Waals surface area contributed by atoms with Gasteiger partial charge < -0.3 is 10.1 Å². The van der Waals surface area contributed by atoms with Crippen LogP contribution < -0.4 is 10.1 Å². The van der Waals surface area contributed by atoms with Gasteiger partial charge >= 0.3 is 0 Å². The van der Waals surface area contributed by atoms with Crippen molar-refractivity contribution in [2.24, 2.45) is 5.92 Å². The van der Waals surface area contributed by atoms with E-state index in [0.29, 0.717) is 24.6 Å². The second kappa shape index (κ2) is 9.32. The van der Waals surface area contributed by atoms with Gasteiger partial charge in [0.15, 0.2) is 0 Å². The van der Waals surface area contributed by atoms with Crippen LogP contribution in [0.15, 0.2) is 54.7 Å². The number of hydrogen-bond donors (Lipinski definition) is 1. The Kier molecular flexibility index (Phi) is 6.59. The zero-order valence-electron chi connectivity index (χ0n) is 16.4. The molecule has 0 radical (unpaired) electrons. The highest BCUT2D eigenvalue weighted by atomic mass is 19.1. The van der Waals surface area contributed by atoms with E-state index in [2.05, 4.69) is 10.4 Å². The SMILES string of the molecule is CC(C)CNC(=O)c1cn(Cc2ccc(F)cc2)nc1OCc1ccc(F)cc1. The van der Waals surface area contributed by atoms with E-state index in [-0.39, 0.29) is 30.0 Å². The topological polar surface area (TPSA) is 56.2 Å². The summed E-state index contributed by atoms with van der Waals surface area (Å²) in [4.78, 5) is 12.6. The minimum absolute atomic E-state index is 0.151. The van der Waals surface area contributed by atoms with Crippen LogP contribution in [-0.2, 0) is 13.2 Å².